The number of carbonyl (C=O) groups excluding carboxylic acids is 2. The van der Waals surface area contributed by atoms with Crippen molar-refractivity contribution >= 4 is 11.9 Å². The molecule has 2 saturated carbocycles. The minimum absolute atomic E-state index is 0.525. The van der Waals surface area contributed by atoms with Gasteiger partial charge in [-0.25, -0.2) is 0 Å². The largest absolute Gasteiger partial charge is 0.457 e. The van der Waals surface area contributed by atoms with E-state index in [9.17, 15) is 24.9 Å². The summed E-state index contributed by atoms with van der Waals surface area (Å²) in [4.78, 5) is 24.8. The quantitative estimate of drug-likeness (QED) is 0.377. The van der Waals surface area contributed by atoms with Crippen LogP contribution in [-0.2, 0) is 23.8 Å². The molecule has 5 fully saturated rings. The van der Waals surface area contributed by atoms with Crippen molar-refractivity contribution in [1.29, 1.82) is 0 Å². The summed E-state index contributed by atoms with van der Waals surface area (Å²) in [6, 6.07) is 0. The molecule has 23 heavy (non-hydrogen) atoms. The molecule has 8 nitrogen and oxygen atoms in total. The highest BCUT2D eigenvalue weighted by molar-refractivity contribution is 5.86. The summed E-state index contributed by atoms with van der Waals surface area (Å²) < 4.78 is 16.1. The molecule has 0 radical (unpaired) electrons. The summed E-state index contributed by atoms with van der Waals surface area (Å²) in [5.74, 6) is -3.43. The lowest BCUT2D eigenvalue weighted by Gasteiger charge is -2.56. The molecular formula is C15H18O8. The zero-order chi connectivity index (χ0) is 16.7. The monoisotopic (exact) mass is 326 g/mol. The molecule has 2 bridgehead atoms. The number of epoxide rings is 1. The second-order valence-electron chi connectivity index (χ2n) is 8.14. The van der Waals surface area contributed by atoms with Crippen LogP contribution in [0.4, 0.5) is 0 Å². The molecule has 5 rings (SSSR count). The van der Waals surface area contributed by atoms with Crippen LogP contribution in [0, 0.1) is 17.3 Å². The molecule has 8 heteroatoms. The van der Waals surface area contributed by atoms with Gasteiger partial charge in [0.1, 0.15) is 29.3 Å². The first-order valence-corrected chi connectivity index (χ1v) is 7.74. The van der Waals surface area contributed by atoms with Crippen molar-refractivity contribution in [1.82, 2.24) is 0 Å². The van der Waals surface area contributed by atoms with Gasteiger partial charge < -0.3 is 29.5 Å². The number of fused-ring (bicyclic) bond motifs is 7. The van der Waals surface area contributed by atoms with E-state index >= 15 is 0 Å². The SMILES string of the molecule is CC(C)(O)[C@]1(O)[C@H]2OC(=O)[C@@H]1[C@]1(O)[C@H]3O[C@H]3[C@@H]3C(=O)O[C@H]2[C@@]31C. The molecule has 5 aliphatic rings. The summed E-state index contributed by atoms with van der Waals surface area (Å²) in [5, 5.41) is 33.3. The van der Waals surface area contributed by atoms with Crippen molar-refractivity contribution in [3.63, 3.8) is 0 Å². The number of ether oxygens (including phenoxy) is 3. The fraction of sp³-hybridized carbons (Fsp3) is 0.867. The Balaban J connectivity index is 1.81. The predicted octanol–water partition coefficient (Wildman–Crippen LogP) is -1.90. The number of carbonyl (C=O) groups is 2. The van der Waals surface area contributed by atoms with Gasteiger partial charge in [0.25, 0.3) is 0 Å². The molecule has 3 aliphatic heterocycles. The molecule has 0 spiro atoms. The Morgan fingerprint density at radius 1 is 1.04 bits per heavy atom. The Hall–Kier alpha value is -1.22. The Morgan fingerprint density at radius 2 is 1.65 bits per heavy atom. The molecule has 9 atom stereocenters. The van der Waals surface area contributed by atoms with Gasteiger partial charge in [-0.1, -0.05) is 6.92 Å². The smallest absolute Gasteiger partial charge is 0.315 e. The second-order valence-corrected chi connectivity index (χ2v) is 8.14. The average Bonchev–Trinajstić information content (AvgIpc) is 3.03. The third-order valence-electron chi connectivity index (χ3n) is 6.93. The predicted molar refractivity (Wildman–Crippen MR) is 69.7 cm³/mol. The van der Waals surface area contributed by atoms with Crippen LogP contribution in [0.1, 0.15) is 20.8 Å². The maximum Gasteiger partial charge on any atom is 0.315 e. The maximum absolute atomic E-state index is 12.5. The number of hydrogen-bond donors (Lipinski definition) is 3. The minimum atomic E-state index is -2.08. The summed E-state index contributed by atoms with van der Waals surface area (Å²) >= 11 is 0. The Morgan fingerprint density at radius 3 is 2.26 bits per heavy atom. The van der Waals surface area contributed by atoms with E-state index in [1.54, 1.807) is 6.92 Å². The third-order valence-corrected chi connectivity index (χ3v) is 6.93. The van der Waals surface area contributed by atoms with E-state index < -0.39 is 70.4 Å². The molecule has 3 heterocycles. The Kier molecular flexibility index (Phi) is 2.02. The zero-order valence-corrected chi connectivity index (χ0v) is 12.8. The van der Waals surface area contributed by atoms with Gasteiger partial charge in [-0.05, 0) is 13.8 Å². The van der Waals surface area contributed by atoms with E-state index in [0.717, 1.165) is 0 Å². The molecule has 2 aliphatic carbocycles. The first kappa shape index (κ1) is 14.2. The summed E-state index contributed by atoms with van der Waals surface area (Å²) in [6.07, 6.45) is -3.53. The lowest BCUT2D eigenvalue weighted by Crippen LogP contribution is -2.77. The van der Waals surface area contributed by atoms with Crippen LogP contribution in [-0.4, -0.2) is 68.5 Å². The Labute approximate surface area is 131 Å². The van der Waals surface area contributed by atoms with E-state index in [1.165, 1.54) is 13.8 Å². The topological polar surface area (TPSA) is 126 Å². The van der Waals surface area contributed by atoms with Gasteiger partial charge in [0.15, 0.2) is 12.2 Å². The summed E-state index contributed by atoms with van der Waals surface area (Å²) in [6.45, 7) is 4.36. The lowest BCUT2D eigenvalue weighted by molar-refractivity contribution is -0.290. The minimum Gasteiger partial charge on any atom is -0.457 e. The van der Waals surface area contributed by atoms with Gasteiger partial charge in [0.2, 0.25) is 0 Å². The van der Waals surface area contributed by atoms with Crippen molar-refractivity contribution in [2.75, 3.05) is 0 Å². The molecule has 0 aromatic rings. The van der Waals surface area contributed by atoms with Crippen LogP contribution in [0.5, 0.6) is 0 Å². The van der Waals surface area contributed by atoms with E-state index in [2.05, 4.69) is 0 Å². The fourth-order valence-electron chi connectivity index (χ4n) is 5.72. The molecule has 126 valence electrons. The normalized spacial score (nSPS) is 61.8. The Bertz CT molecular complexity index is 669. The third kappa shape index (κ3) is 1.07. The highest BCUT2D eigenvalue weighted by Crippen LogP contribution is 2.74. The van der Waals surface area contributed by atoms with E-state index in [4.69, 9.17) is 14.2 Å². The van der Waals surface area contributed by atoms with E-state index in [-0.39, 0.29) is 0 Å². The lowest BCUT2D eigenvalue weighted by atomic mass is 9.50. The van der Waals surface area contributed by atoms with Crippen LogP contribution in [0.25, 0.3) is 0 Å². The van der Waals surface area contributed by atoms with Crippen molar-refractivity contribution in [2.45, 2.75) is 62.0 Å². The zero-order valence-electron chi connectivity index (χ0n) is 12.8. The second kappa shape index (κ2) is 3.28. The summed E-state index contributed by atoms with van der Waals surface area (Å²) in [7, 11) is 0. The van der Waals surface area contributed by atoms with Gasteiger partial charge in [-0.3, -0.25) is 9.59 Å². The van der Waals surface area contributed by atoms with E-state index in [0.29, 0.717) is 0 Å². The number of rotatable bonds is 1. The van der Waals surface area contributed by atoms with Crippen LogP contribution in [0.2, 0.25) is 0 Å². The van der Waals surface area contributed by atoms with Crippen LogP contribution >= 0.6 is 0 Å². The molecule has 0 amide bonds. The van der Waals surface area contributed by atoms with Gasteiger partial charge in [-0.2, -0.15) is 0 Å². The highest BCUT2D eigenvalue weighted by Gasteiger charge is 2.94. The number of aliphatic hydroxyl groups is 3. The molecule has 3 N–H and O–H groups in total. The molecular weight excluding hydrogens is 308 g/mol. The molecule has 0 aromatic heterocycles. The standard InChI is InChI=1S/C15H18O8/c1-12(2,18)14(19)6-11(17)23-9(14)8-13(3)4(10(16)22-8)5-7(21-5)15(6,13)20/h4-9,18-20H,1-3H3/t4-,5+,6+,7+,8-,9+,13-,14-,15+/m1/s1. The summed E-state index contributed by atoms with van der Waals surface area (Å²) in [5.41, 5.74) is -6.78. The van der Waals surface area contributed by atoms with Crippen molar-refractivity contribution in [2.24, 2.45) is 17.3 Å². The first-order chi connectivity index (χ1) is 10.5. The van der Waals surface area contributed by atoms with Crippen LogP contribution in [0.3, 0.4) is 0 Å². The maximum atomic E-state index is 12.5. The van der Waals surface area contributed by atoms with Gasteiger partial charge >= 0.3 is 11.9 Å². The van der Waals surface area contributed by atoms with Crippen molar-refractivity contribution < 1.29 is 39.1 Å². The van der Waals surface area contributed by atoms with Gasteiger partial charge in [0, 0.05) is 0 Å². The van der Waals surface area contributed by atoms with Gasteiger partial charge in [-0.15, -0.1) is 0 Å². The molecule has 3 saturated heterocycles. The fourth-order valence-corrected chi connectivity index (χ4v) is 5.72. The molecule has 0 aromatic carbocycles. The highest BCUT2D eigenvalue weighted by atomic mass is 16.6. The van der Waals surface area contributed by atoms with Crippen LogP contribution in [0.15, 0.2) is 0 Å². The molecule has 0 unspecified atom stereocenters. The first-order valence-electron chi connectivity index (χ1n) is 7.74. The average molecular weight is 326 g/mol. The van der Waals surface area contributed by atoms with Crippen LogP contribution < -0.4 is 0 Å². The number of hydrogen-bond acceptors (Lipinski definition) is 8. The number of esters is 2. The van der Waals surface area contributed by atoms with Crippen molar-refractivity contribution in [3.05, 3.63) is 0 Å². The van der Waals surface area contributed by atoms with Crippen molar-refractivity contribution in [3.8, 4) is 0 Å². The van der Waals surface area contributed by atoms with E-state index in [1.807, 2.05) is 0 Å². The van der Waals surface area contributed by atoms with Gasteiger partial charge in [0.05, 0.1) is 16.9 Å².